The number of hydrogen-bond acceptors (Lipinski definition) is 2. The van der Waals surface area contributed by atoms with Crippen molar-refractivity contribution in [1.29, 1.82) is 0 Å². The summed E-state index contributed by atoms with van der Waals surface area (Å²) in [6, 6.07) is 6.71. The molecule has 0 heterocycles. The van der Waals surface area contributed by atoms with Crippen molar-refractivity contribution in [2.45, 2.75) is 25.3 Å². The number of nitrogens with one attached hydrogen (secondary N) is 1. The van der Waals surface area contributed by atoms with Crippen LogP contribution in [0.5, 0.6) is 5.75 Å². The molecule has 1 aromatic carbocycles. The summed E-state index contributed by atoms with van der Waals surface area (Å²) < 4.78 is 5.59. The first-order valence-electron chi connectivity index (χ1n) is 6.12. The van der Waals surface area contributed by atoms with Gasteiger partial charge in [-0.2, -0.15) is 0 Å². The maximum atomic E-state index is 5.80. The molecule has 1 N–H and O–H groups in total. The third-order valence-electron chi connectivity index (χ3n) is 3.27. The molecule has 1 atom stereocenters. The smallest absolute Gasteiger partial charge is 0.125 e. The molecule has 0 radical (unpaired) electrons. The zero-order valence-corrected chi connectivity index (χ0v) is 11.9. The Kier molecular flexibility index (Phi) is 4.93. The average Bonchev–Trinajstić information content (AvgIpc) is 2.43. The Bertz CT molecular complexity index is 445. The average molecular weight is 286 g/mol. The summed E-state index contributed by atoms with van der Waals surface area (Å²) in [6.45, 7) is 0.319. The Morgan fingerprint density at radius 2 is 2.39 bits per heavy atom. The summed E-state index contributed by atoms with van der Waals surface area (Å²) in [5.74, 6) is 0.849. The Balaban J connectivity index is 2.12. The number of aryl methyl sites for hydroxylation is 1. The van der Waals surface area contributed by atoms with Crippen molar-refractivity contribution >= 4 is 23.2 Å². The van der Waals surface area contributed by atoms with Gasteiger partial charge in [0.05, 0.1) is 5.03 Å². The fourth-order valence-electron chi connectivity index (χ4n) is 2.36. The fraction of sp³-hybridized carbons (Fsp3) is 0.429. The number of ether oxygens (including phenoxy) is 1. The van der Waals surface area contributed by atoms with Crippen molar-refractivity contribution in [2.24, 2.45) is 0 Å². The van der Waals surface area contributed by atoms with Crippen LogP contribution in [0.25, 0.3) is 0 Å². The second-order valence-electron chi connectivity index (χ2n) is 4.44. The zero-order chi connectivity index (χ0) is 13.0. The molecule has 0 amide bonds. The van der Waals surface area contributed by atoms with Crippen LogP contribution >= 0.6 is 23.2 Å². The van der Waals surface area contributed by atoms with Gasteiger partial charge in [-0.25, -0.2) is 0 Å². The number of hydrogen-bond donors (Lipinski definition) is 1. The summed E-state index contributed by atoms with van der Waals surface area (Å²) in [7, 11) is 2.01. The predicted molar refractivity (Wildman–Crippen MR) is 76.5 cm³/mol. The minimum absolute atomic E-state index is 0.319. The molecular formula is C14H17Cl2NO. The lowest BCUT2D eigenvalue weighted by molar-refractivity contribution is 0.358. The second kappa shape index (κ2) is 6.46. The Labute approximate surface area is 118 Å². The third-order valence-corrected chi connectivity index (χ3v) is 3.87. The number of halogens is 2. The van der Waals surface area contributed by atoms with Gasteiger partial charge in [-0.15, -0.1) is 0 Å². The van der Waals surface area contributed by atoms with Crippen molar-refractivity contribution < 1.29 is 4.74 Å². The van der Waals surface area contributed by atoms with Crippen molar-refractivity contribution in [3.05, 3.63) is 39.9 Å². The molecule has 2 nitrogen and oxygen atoms in total. The molecule has 0 aromatic heterocycles. The highest BCUT2D eigenvalue weighted by molar-refractivity contribution is 6.36. The molecule has 0 fully saturated rings. The largest absolute Gasteiger partial charge is 0.488 e. The lowest BCUT2D eigenvalue weighted by Crippen LogP contribution is -2.21. The van der Waals surface area contributed by atoms with Crippen LogP contribution in [0.3, 0.4) is 0 Å². The summed E-state index contributed by atoms with van der Waals surface area (Å²) in [5.41, 5.74) is 4.08. The van der Waals surface area contributed by atoms with Crippen molar-refractivity contribution in [1.82, 2.24) is 5.32 Å². The molecule has 1 unspecified atom stereocenters. The molecule has 0 bridgehead atoms. The molecule has 98 valence electrons. The SMILES string of the molecule is CNC1CCCc2cc(OCC(Cl)=CCl)ccc21. The fourth-order valence-corrected chi connectivity index (χ4v) is 2.48. The van der Waals surface area contributed by atoms with Crippen LogP contribution in [0.2, 0.25) is 0 Å². The van der Waals surface area contributed by atoms with Gasteiger partial charge in [0, 0.05) is 11.6 Å². The highest BCUT2D eigenvalue weighted by atomic mass is 35.5. The van der Waals surface area contributed by atoms with Crippen LogP contribution in [0.4, 0.5) is 0 Å². The van der Waals surface area contributed by atoms with E-state index in [-0.39, 0.29) is 0 Å². The molecule has 2 rings (SSSR count). The third kappa shape index (κ3) is 3.19. The van der Waals surface area contributed by atoms with Gasteiger partial charge in [-0.05, 0) is 49.6 Å². The van der Waals surface area contributed by atoms with Gasteiger partial charge in [-0.3, -0.25) is 0 Å². The topological polar surface area (TPSA) is 21.3 Å². The number of benzene rings is 1. The highest BCUT2D eigenvalue weighted by Gasteiger charge is 2.18. The summed E-state index contributed by atoms with van der Waals surface area (Å²) in [5, 5.41) is 3.85. The molecule has 4 heteroatoms. The standard InChI is InChI=1S/C14H17Cl2NO/c1-17-14-4-2-3-10-7-12(5-6-13(10)14)18-9-11(16)8-15/h5-8,14,17H,2-4,9H2,1H3. The zero-order valence-electron chi connectivity index (χ0n) is 10.4. The lowest BCUT2D eigenvalue weighted by Gasteiger charge is -2.25. The van der Waals surface area contributed by atoms with Gasteiger partial charge >= 0.3 is 0 Å². The van der Waals surface area contributed by atoms with Crippen molar-refractivity contribution in [3.63, 3.8) is 0 Å². The predicted octanol–water partition coefficient (Wildman–Crippen LogP) is 3.98. The van der Waals surface area contributed by atoms with Crippen molar-refractivity contribution in [2.75, 3.05) is 13.7 Å². The Morgan fingerprint density at radius 1 is 1.56 bits per heavy atom. The quantitative estimate of drug-likeness (QED) is 0.904. The second-order valence-corrected chi connectivity index (χ2v) is 5.14. The van der Waals surface area contributed by atoms with E-state index in [9.17, 15) is 0 Å². The first-order valence-corrected chi connectivity index (χ1v) is 6.93. The van der Waals surface area contributed by atoms with E-state index in [1.54, 1.807) is 0 Å². The molecule has 0 aliphatic heterocycles. The lowest BCUT2D eigenvalue weighted by atomic mass is 9.87. The molecular weight excluding hydrogens is 269 g/mol. The first-order chi connectivity index (χ1) is 8.74. The molecule has 1 aromatic rings. The van der Waals surface area contributed by atoms with E-state index in [2.05, 4.69) is 17.4 Å². The Hall–Kier alpha value is -0.700. The summed E-state index contributed by atoms with van der Waals surface area (Å²) >= 11 is 11.3. The van der Waals surface area contributed by atoms with Crippen LogP contribution in [0.15, 0.2) is 28.8 Å². The minimum atomic E-state index is 0.319. The maximum Gasteiger partial charge on any atom is 0.125 e. The van der Waals surface area contributed by atoms with E-state index < -0.39 is 0 Å². The molecule has 18 heavy (non-hydrogen) atoms. The van der Waals surface area contributed by atoms with E-state index in [0.29, 0.717) is 17.7 Å². The number of rotatable bonds is 4. The van der Waals surface area contributed by atoms with Gasteiger partial charge in [0.1, 0.15) is 12.4 Å². The Morgan fingerprint density at radius 3 is 3.11 bits per heavy atom. The summed E-state index contributed by atoms with van der Waals surface area (Å²) in [4.78, 5) is 0. The van der Waals surface area contributed by atoms with Gasteiger partial charge in [-0.1, -0.05) is 29.3 Å². The van der Waals surface area contributed by atoms with Crippen molar-refractivity contribution in [3.8, 4) is 5.75 Å². The molecule has 1 aliphatic carbocycles. The summed E-state index contributed by atoms with van der Waals surface area (Å²) in [6.07, 6.45) is 3.53. The van der Waals surface area contributed by atoms with E-state index in [4.69, 9.17) is 27.9 Å². The van der Waals surface area contributed by atoms with Crippen LogP contribution in [0.1, 0.15) is 30.0 Å². The highest BCUT2D eigenvalue weighted by Crippen LogP contribution is 2.32. The van der Waals surface area contributed by atoms with Crippen LogP contribution in [-0.4, -0.2) is 13.7 Å². The normalized spacial score (nSPS) is 19.5. The van der Waals surface area contributed by atoms with Crippen LogP contribution in [0, 0.1) is 0 Å². The van der Waals surface area contributed by atoms with Gasteiger partial charge < -0.3 is 10.1 Å². The van der Waals surface area contributed by atoms with E-state index in [1.165, 1.54) is 29.5 Å². The first kappa shape index (κ1) is 13.7. The number of fused-ring (bicyclic) bond motifs is 1. The van der Waals surface area contributed by atoms with Gasteiger partial charge in [0.2, 0.25) is 0 Å². The van der Waals surface area contributed by atoms with E-state index in [0.717, 1.165) is 12.2 Å². The van der Waals surface area contributed by atoms with Crippen LogP contribution < -0.4 is 10.1 Å². The maximum absolute atomic E-state index is 5.80. The molecule has 1 aliphatic rings. The molecule has 0 saturated carbocycles. The monoisotopic (exact) mass is 285 g/mol. The van der Waals surface area contributed by atoms with E-state index in [1.807, 2.05) is 13.1 Å². The minimum Gasteiger partial charge on any atom is -0.488 e. The molecule has 0 spiro atoms. The molecule has 0 saturated heterocycles. The van der Waals surface area contributed by atoms with Gasteiger partial charge in [0.25, 0.3) is 0 Å². The van der Waals surface area contributed by atoms with Gasteiger partial charge in [0.15, 0.2) is 0 Å². The van der Waals surface area contributed by atoms with E-state index >= 15 is 0 Å². The van der Waals surface area contributed by atoms with Crippen LogP contribution in [-0.2, 0) is 6.42 Å².